The van der Waals surface area contributed by atoms with E-state index in [0.29, 0.717) is 6.42 Å². The smallest absolute Gasteiger partial charge is 0.129 e. The van der Waals surface area contributed by atoms with E-state index in [1.807, 2.05) is 6.92 Å². The molecule has 0 aliphatic carbocycles. The van der Waals surface area contributed by atoms with Gasteiger partial charge >= 0.3 is 0 Å². The van der Waals surface area contributed by atoms with E-state index in [0.717, 1.165) is 0 Å². The Hall–Kier alpha value is -1.04. The topological polar surface area (TPSA) is 47.3 Å². The summed E-state index contributed by atoms with van der Waals surface area (Å²) in [7, 11) is 1.55. The average Bonchev–Trinajstić information content (AvgIpc) is 2.33. The van der Waals surface area contributed by atoms with E-state index in [2.05, 4.69) is 5.43 Å². The van der Waals surface area contributed by atoms with E-state index in [4.69, 9.17) is 10.6 Å². The van der Waals surface area contributed by atoms with E-state index < -0.39 is 11.6 Å². The van der Waals surface area contributed by atoms with Crippen molar-refractivity contribution in [1.82, 2.24) is 5.43 Å². The zero-order valence-corrected chi connectivity index (χ0v) is 10.0. The molecule has 2 unspecified atom stereocenters. The van der Waals surface area contributed by atoms with Crippen LogP contribution in [0.25, 0.3) is 0 Å². The molecule has 17 heavy (non-hydrogen) atoms. The maximum atomic E-state index is 13.5. The lowest BCUT2D eigenvalue weighted by Gasteiger charge is -2.24. The van der Waals surface area contributed by atoms with Gasteiger partial charge in [-0.1, -0.05) is 13.0 Å². The van der Waals surface area contributed by atoms with Gasteiger partial charge in [0.2, 0.25) is 0 Å². The number of ether oxygens (including phenoxy) is 1. The molecule has 3 nitrogen and oxygen atoms in total. The maximum Gasteiger partial charge on any atom is 0.129 e. The molecule has 5 heteroatoms. The van der Waals surface area contributed by atoms with Crippen LogP contribution in [-0.2, 0) is 11.2 Å². The molecule has 0 aromatic heterocycles. The Bertz CT molecular complexity index is 336. The largest absolute Gasteiger partial charge is 0.380 e. The van der Waals surface area contributed by atoms with Gasteiger partial charge in [-0.2, -0.15) is 0 Å². The van der Waals surface area contributed by atoms with Crippen LogP contribution in [0.4, 0.5) is 8.78 Å². The van der Waals surface area contributed by atoms with Crippen LogP contribution in [0.15, 0.2) is 18.2 Å². The summed E-state index contributed by atoms with van der Waals surface area (Å²) < 4.78 is 32.2. The molecule has 0 bridgehead atoms. The Labute approximate surface area is 99.9 Å². The second kappa shape index (κ2) is 6.64. The van der Waals surface area contributed by atoms with Crippen molar-refractivity contribution in [3.63, 3.8) is 0 Å². The third-order valence-electron chi connectivity index (χ3n) is 2.85. The van der Waals surface area contributed by atoms with Crippen LogP contribution < -0.4 is 11.3 Å². The molecule has 1 aromatic carbocycles. The molecule has 0 spiro atoms. The number of hydrogen-bond acceptors (Lipinski definition) is 3. The van der Waals surface area contributed by atoms with Gasteiger partial charge in [0.05, 0.1) is 12.1 Å². The fourth-order valence-electron chi connectivity index (χ4n) is 1.86. The van der Waals surface area contributed by atoms with Gasteiger partial charge in [-0.3, -0.25) is 11.3 Å². The Morgan fingerprint density at radius 1 is 1.35 bits per heavy atom. The maximum absolute atomic E-state index is 13.5. The van der Waals surface area contributed by atoms with Gasteiger partial charge in [-0.05, 0) is 25.0 Å². The standard InChI is InChI=1S/C12H18F2N2O/c1-3-12(17-2)11(16-15)7-8-9(13)5-4-6-10(8)14/h4-6,11-12,16H,3,7,15H2,1-2H3. The Morgan fingerprint density at radius 2 is 1.94 bits per heavy atom. The first-order valence-electron chi connectivity index (χ1n) is 5.55. The van der Waals surface area contributed by atoms with E-state index in [1.54, 1.807) is 7.11 Å². The molecule has 0 saturated heterocycles. The van der Waals surface area contributed by atoms with Gasteiger partial charge in [0.25, 0.3) is 0 Å². The number of nitrogens with one attached hydrogen (secondary N) is 1. The van der Waals surface area contributed by atoms with Crippen LogP contribution >= 0.6 is 0 Å². The molecule has 2 atom stereocenters. The molecule has 0 aliphatic heterocycles. The summed E-state index contributed by atoms with van der Waals surface area (Å²) >= 11 is 0. The molecule has 0 amide bonds. The minimum Gasteiger partial charge on any atom is -0.380 e. The highest BCUT2D eigenvalue weighted by atomic mass is 19.1. The number of halogens is 2. The SMILES string of the molecule is CCC(OC)C(Cc1c(F)cccc1F)NN. The highest BCUT2D eigenvalue weighted by Crippen LogP contribution is 2.16. The molecule has 0 aliphatic rings. The Kier molecular flexibility index (Phi) is 5.47. The minimum atomic E-state index is -0.559. The van der Waals surface area contributed by atoms with Crippen molar-refractivity contribution in [1.29, 1.82) is 0 Å². The fourth-order valence-corrected chi connectivity index (χ4v) is 1.86. The number of hydrogen-bond donors (Lipinski definition) is 2. The van der Waals surface area contributed by atoms with Crippen molar-refractivity contribution in [3.8, 4) is 0 Å². The van der Waals surface area contributed by atoms with Gasteiger partial charge in [0.15, 0.2) is 0 Å². The normalized spacial score (nSPS) is 14.6. The van der Waals surface area contributed by atoms with Gasteiger partial charge in [0, 0.05) is 12.7 Å². The second-order valence-electron chi connectivity index (χ2n) is 3.86. The van der Waals surface area contributed by atoms with Gasteiger partial charge in [-0.15, -0.1) is 0 Å². The van der Waals surface area contributed by atoms with Crippen LogP contribution in [0.2, 0.25) is 0 Å². The van der Waals surface area contributed by atoms with Crippen LogP contribution in [-0.4, -0.2) is 19.3 Å². The summed E-state index contributed by atoms with van der Waals surface area (Å²) in [4.78, 5) is 0. The molecule has 3 N–H and O–H groups in total. The lowest BCUT2D eigenvalue weighted by atomic mass is 9.99. The van der Waals surface area contributed by atoms with Crippen molar-refractivity contribution in [2.75, 3.05) is 7.11 Å². The van der Waals surface area contributed by atoms with Crippen LogP contribution in [0.1, 0.15) is 18.9 Å². The predicted molar refractivity (Wildman–Crippen MR) is 62.3 cm³/mol. The lowest BCUT2D eigenvalue weighted by molar-refractivity contribution is 0.0648. The molecule has 0 radical (unpaired) electrons. The summed E-state index contributed by atoms with van der Waals surface area (Å²) in [5, 5.41) is 0. The summed E-state index contributed by atoms with van der Waals surface area (Å²) in [6.07, 6.45) is 0.682. The van der Waals surface area contributed by atoms with E-state index >= 15 is 0 Å². The average molecular weight is 244 g/mol. The second-order valence-corrected chi connectivity index (χ2v) is 3.86. The van der Waals surface area contributed by atoms with Crippen molar-refractivity contribution < 1.29 is 13.5 Å². The number of rotatable bonds is 6. The van der Waals surface area contributed by atoms with Crippen LogP contribution in [0.3, 0.4) is 0 Å². The highest BCUT2D eigenvalue weighted by Gasteiger charge is 2.21. The molecule has 0 fully saturated rings. The zero-order chi connectivity index (χ0) is 12.8. The first-order chi connectivity index (χ1) is 8.13. The van der Waals surface area contributed by atoms with Crippen LogP contribution in [0, 0.1) is 11.6 Å². The Morgan fingerprint density at radius 3 is 2.35 bits per heavy atom. The molecule has 0 saturated carbocycles. The van der Waals surface area contributed by atoms with Crippen molar-refractivity contribution >= 4 is 0 Å². The Balaban J connectivity index is 2.87. The first-order valence-corrected chi connectivity index (χ1v) is 5.55. The van der Waals surface area contributed by atoms with E-state index in [1.165, 1.54) is 18.2 Å². The van der Waals surface area contributed by atoms with Crippen molar-refractivity contribution in [2.24, 2.45) is 5.84 Å². The van der Waals surface area contributed by atoms with Gasteiger partial charge in [0.1, 0.15) is 11.6 Å². The number of nitrogens with two attached hydrogens (primary N) is 1. The molecule has 96 valence electrons. The summed E-state index contributed by atoms with van der Waals surface area (Å²) in [5.74, 6) is 4.28. The minimum absolute atomic E-state index is 0.0333. The quantitative estimate of drug-likeness (QED) is 0.592. The monoisotopic (exact) mass is 244 g/mol. The van der Waals surface area contributed by atoms with Gasteiger partial charge in [-0.25, -0.2) is 8.78 Å². The molecule has 0 heterocycles. The third kappa shape index (κ3) is 3.46. The van der Waals surface area contributed by atoms with E-state index in [-0.39, 0.29) is 24.1 Å². The number of hydrazine groups is 1. The van der Waals surface area contributed by atoms with Crippen LogP contribution in [0.5, 0.6) is 0 Å². The molecule has 1 aromatic rings. The third-order valence-corrected chi connectivity index (χ3v) is 2.85. The van der Waals surface area contributed by atoms with Crippen molar-refractivity contribution in [2.45, 2.75) is 31.9 Å². The van der Waals surface area contributed by atoms with Crippen molar-refractivity contribution in [3.05, 3.63) is 35.4 Å². The fraction of sp³-hybridized carbons (Fsp3) is 0.500. The first kappa shape index (κ1) is 14.0. The molecular weight excluding hydrogens is 226 g/mol. The summed E-state index contributed by atoms with van der Waals surface area (Å²) in [6, 6.07) is 3.49. The highest BCUT2D eigenvalue weighted by molar-refractivity contribution is 5.21. The molecular formula is C12H18F2N2O. The number of benzene rings is 1. The summed E-state index contributed by atoms with van der Waals surface area (Å²) in [6.45, 7) is 1.93. The lowest BCUT2D eigenvalue weighted by Crippen LogP contribution is -2.46. The number of methoxy groups -OCH3 is 1. The van der Waals surface area contributed by atoms with E-state index in [9.17, 15) is 8.78 Å². The predicted octanol–water partition coefficient (Wildman–Crippen LogP) is 1.76. The van der Waals surface area contributed by atoms with Gasteiger partial charge < -0.3 is 4.74 Å². The molecule has 1 rings (SSSR count). The summed E-state index contributed by atoms with van der Waals surface area (Å²) in [5.41, 5.74) is 2.58. The zero-order valence-electron chi connectivity index (χ0n) is 10.0.